The lowest BCUT2D eigenvalue weighted by molar-refractivity contribution is -0.136. The van der Waals surface area contributed by atoms with E-state index in [4.69, 9.17) is 4.74 Å². The van der Waals surface area contributed by atoms with E-state index < -0.39 is 17.8 Å². The van der Waals surface area contributed by atoms with E-state index in [-0.39, 0.29) is 12.4 Å². The summed E-state index contributed by atoms with van der Waals surface area (Å²) in [5, 5.41) is 17.9. The summed E-state index contributed by atoms with van der Waals surface area (Å²) in [6.45, 7) is 1.96. The minimum absolute atomic E-state index is 0.00200. The quantitative estimate of drug-likeness (QED) is 0.261. The molecule has 152 valence electrons. The molecule has 0 aliphatic rings. The summed E-state index contributed by atoms with van der Waals surface area (Å²) in [6.07, 6.45) is 1.27. The fourth-order valence-electron chi connectivity index (χ4n) is 2.72. The molecule has 2 amide bonds. The number of hydrogen-bond acceptors (Lipinski definition) is 6. The highest BCUT2D eigenvalue weighted by molar-refractivity contribution is 6.39. The van der Waals surface area contributed by atoms with Crippen LogP contribution in [0, 0.1) is 0 Å². The number of benzene rings is 3. The average molecular weight is 405 g/mol. The van der Waals surface area contributed by atoms with Gasteiger partial charge in [-0.05, 0) is 48.0 Å². The molecule has 0 fully saturated rings. The molecule has 0 aromatic heterocycles. The Bertz CT molecular complexity index is 1120. The first-order valence-electron chi connectivity index (χ1n) is 9.12. The summed E-state index contributed by atoms with van der Waals surface area (Å²) < 4.78 is 4.88. The molecule has 8 heteroatoms. The van der Waals surface area contributed by atoms with Gasteiger partial charge in [-0.1, -0.05) is 30.3 Å². The number of carbonyl (C=O) groups excluding carboxylic acids is 3. The lowest BCUT2D eigenvalue weighted by atomic mass is 10.0. The van der Waals surface area contributed by atoms with Crippen molar-refractivity contribution in [2.24, 2.45) is 5.10 Å². The second kappa shape index (κ2) is 9.33. The third-order valence-corrected chi connectivity index (χ3v) is 4.17. The maximum atomic E-state index is 12.0. The minimum Gasteiger partial charge on any atom is -0.507 e. The molecule has 0 aliphatic heterocycles. The third-order valence-electron chi connectivity index (χ3n) is 4.17. The first-order valence-corrected chi connectivity index (χ1v) is 9.12. The molecule has 0 bridgehead atoms. The molecule has 3 N–H and O–H groups in total. The molecule has 0 unspecified atom stereocenters. The molecule has 3 aromatic carbocycles. The Labute approximate surface area is 172 Å². The van der Waals surface area contributed by atoms with Crippen LogP contribution in [-0.2, 0) is 14.3 Å². The molecule has 0 heterocycles. The van der Waals surface area contributed by atoms with Crippen LogP contribution in [-0.4, -0.2) is 35.7 Å². The van der Waals surface area contributed by atoms with E-state index in [0.29, 0.717) is 16.8 Å². The van der Waals surface area contributed by atoms with Crippen LogP contribution in [0.15, 0.2) is 65.8 Å². The normalized spacial score (nSPS) is 10.7. The summed E-state index contributed by atoms with van der Waals surface area (Å²) in [6, 6.07) is 16.6. The van der Waals surface area contributed by atoms with Crippen LogP contribution >= 0.6 is 0 Å². The number of ether oxygens (including phenoxy) is 1. The molecule has 8 nitrogen and oxygen atoms in total. The number of fused-ring (bicyclic) bond motifs is 1. The van der Waals surface area contributed by atoms with Gasteiger partial charge in [-0.3, -0.25) is 9.59 Å². The van der Waals surface area contributed by atoms with Crippen molar-refractivity contribution in [3.8, 4) is 5.75 Å². The monoisotopic (exact) mass is 405 g/mol. The van der Waals surface area contributed by atoms with Gasteiger partial charge in [0.2, 0.25) is 0 Å². The Morgan fingerprint density at radius 2 is 1.73 bits per heavy atom. The van der Waals surface area contributed by atoms with E-state index in [1.165, 1.54) is 36.5 Å². The van der Waals surface area contributed by atoms with Crippen LogP contribution in [0.5, 0.6) is 5.75 Å². The van der Waals surface area contributed by atoms with E-state index in [9.17, 15) is 19.5 Å². The molecule has 3 rings (SSSR count). The third kappa shape index (κ3) is 4.79. The molecule has 0 spiro atoms. The molecule has 0 atom stereocenters. The Kier molecular flexibility index (Phi) is 6.39. The van der Waals surface area contributed by atoms with Crippen LogP contribution in [0.25, 0.3) is 10.8 Å². The lowest BCUT2D eigenvalue weighted by Crippen LogP contribution is -2.32. The molecule has 0 saturated carbocycles. The van der Waals surface area contributed by atoms with E-state index in [2.05, 4.69) is 15.8 Å². The Balaban J connectivity index is 1.62. The highest BCUT2D eigenvalue weighted by Crippen LogP contribution is 2.25. The topological polar surface area (TPSA) is 117 Å². The minimum atomic E-state index is -0.986. The summed E-state index contributed by atoms with van der Waals surface area (Å²) in [5.74, 6) is -2.39. The smallest absolute Gasteiger partial charge is 0.338 e. The van der Waals surface area contributed by atoms with Gasteiger partial charge in [0, 0.05) is 11.3 Å². The number of esters is 1. The lowest BCUT2D eigenvalue weighted by Gasteiger charge is -2.06. The first-order chi connectivity index (χ1) is 14.5. The second-order valence-corrected chi connectivity index (χ2v) is 6.17. The zero-order valence-electron chi connectivity index (χ0n) is 16.1. The number of aromatic hydroxyl groups is 1. The predicted octanol–water partition coefficient (Wildman–Crippen LogP) is 2.81. The Morgan fingerprint density at radius 3 is 2.47 bits per heavy atom. The van der Waals surface area contributed by atoms with Gasteiger partial charge in [-0.25, -0.2) is 10.2 Å². The van der Waals surface area contributed by atoms with Gasteiger partial charge in [0.05, 0.1) is 18.4 Å². The van der Waals surface area contributed by atoms with Gasteiger partial charge in [-0.2, -0.15) is 5.10 Å². The highest BCUT2D eigenvalue weighted by Gasteiger charge is 2.14. The number of hydrazone groups is 1. The summed E-state index contributed by atoms with van der Waals surface area (Å²) in [7, 11) is 0. The average Bonchev–Trinajstić information content (AvgIpc) is 2.75. The zero-order chi connectivity index (χ0) is 21.5. The van der Waals surface area contributed by atoms with E-state index in [1.807, 2.05) is 24.3 Å². The number of phenolic OH excluding ortho intramolecular Hbond substituents is 1. The maximum Gasteiger partial charge on any atom is 0.338 e. The first kappa shape index (κ1) is 20.5. The van der Waals surface area contributed by atoms with Crippen LogP contribution in [0.1, 0.15) is 22.8 Å². The number of amides is 2. The van der Waals surface area contributed by atoms with Crippen LogP contribution in [0.3, 0.4) is 0 Å². The van der Waals surface area contributed by atoms with Gasteiger partial charge in [0.25, 0.3) is 0 Å². The van der Waals surface area contributed by atoms with Crippen molar-refractivity contribution in [1.82, 2.24) is 5.43 Å². The van der Waals surface area contributed by atoms with Gasteiger partial charge in [0.15, 0.2) is 0 Å². The number of phenols is 1. The van der Waals surface area contributed by atoms with Crippen molar-refractivity contribution in [3.05, 3.63) is 71.8 Å². The van der Waals surface area contributed by atoms with Crippen molar-refractivity contribution in [3.63, 3.8) is 0 Å². The van der Waals surface area contributed by atoms with E-state index >= 15 is 0 Å². The number of nitrogens with zero attached hydrogens (tertiary/aromatic N) is 1. The SMILES string of the molecule is CCOC(=O)c1ccc(NC(=O)C(=O)N/N=C/c2c(O)ccc3ccccc23)cc1. The summed E-state index contributed by atoms with van der Waals surface area (Å²) in [5.41, 5.74) is 3.21. The van der Waals surface area contributed by atoms with Crippen molar-refractivity contribution >= 4 is 40.5 Å². The number of carbonyl (C=O) groups is 3. The standard InChI is InChI=1S/C22H19N3O5/c1-2-30-22(29)15-7-10-16(11-8-15)24-20(27)21(28)25-23-13-18-17-6-4-3-5-14(17)9-12-19(18)26/h3-13,26H,2H2,1H3,(H,24,27)(H,25,28)/b23-13+. The molecular weight excluding hydrogens is 386 g/mol. The largest absolute Gasteiger partial charge is 0.507 e. The van der Waals surface area contributed by atoms with Crippen LogP contribution in [0.2, 0.25) is 0 Å². The fraction of sp³-hybridized carbons (Fsp3) is 0.0909. The summed E-state index contributed by atoms with van der Waals surface area (Å²) in [4.78, 5) is 35.6. The second-order valence-electron chi connectivity index (χ2n) is 6.17. The highest BCUT2D eigenvalue weighted by atomic mass is 16.5. The fourth-order valence-corrected chi connectivity index (χ4v) is 2.72. The van der Waals surface area contributed by atoms with E-state index in [1.54, 1.807) is 13.0 Å². The number of anilines is 1. The maximum absolute atomic E-state index is 12.0. The van der Waals surface area contributed by atoms with Gasteiger partial charge >= 0.3 is 17.8 Å². The van der Waals surface area contributed by atoms with Gasteiger partial charge in [0.1, 0.15) is 5.75 Å². The molecule has 0 radical (unpaired) electrons. The Hall–Kier alpha value is -4.20. The van der Waals surface area contributed by atoms with Crippen molar-refractivity contribution in [2.75, 3.05) is 11.9 Å². The number of rotatable bonds is 5. The number of nitrogens with one attached hydrogen (secondary N) is 2. The molecule has 3 aromatic rings. The number of hydrogen-bond donors (Lipinski definition) is 3. The predicted molar refractivity (Wildman–Crippen MR) is 112 cm³/mol. The van der Waals surface area contributed by atoms with Gasteiger partial charge in [-0.15, -0.1) is 0 Å². The van der Waals surface area contributed by atoms with Crippen molar-refractivity contribution in [1.29, 1.82) is 0 Å². The zero-order valence-corrected chi connectivity index (χ0v) is 16.1. The van der Waals surface area contributed by atoms with E-state index in [0.717, 1.165) is 10.8 Å². The van der Waals surface area contributed by atoms with Crippen molar-refractivity contribution < 1.29 is 24.2 Å². The molecular formula is C22H19N3O5. The van der Waals surface area contributed by atoms with Gasteiger partial charge < -0.3 is 15.2 Å². The Morgan fingerprint density at radius 1 is 1.00 bits per heavy atom. The molecule has 0 saturated heterocycles. The van der Waals surface area contributed by atoms with Crippen LogP contribution < -0.4 is 10.7 Å². The van der Waals surface area contributed by atoms with Crippen LogP contribution in [0.4, 0.5) is 5.69 Å². The molecule has 0 aliphatic carbocycles. The molecule has 30 heavy (non-hydrogen) atoms. The van der Waals surface area contributed by atoms with Crippen molar-refractivity contribution in [2.45, 2.75) is 6.92 Å². The summed E-state index contributed by atoms with van der Waals surface area (Å²) >= 11 is 0.